The van der Waals surface area contributed by atoms with Crippen LogP contribution in [0.25, 0.3) is 0 Å². The Morgan fingerprint density at radius 1 is 1.60 bits per heavy atom. The molecule has 0 aromatic carbocycles. The highest BCUT2D eigenvalue weighted by molar-refractivity contribution is 5.88. The van der Waals surface area contributed by atoms with E-state index in [4.69, 9.17) is 0 Å². The molecule has 5 heteroatoms. The van der Waals surface area contributed by atoms with Crippen LogP contribution in [0.5, 0.6) is 0 Å². The molecule has 3 N–H and O–H groups in total. The zero-order valence-electron chi connectivity index (χ0n) is 9.42. The van der Waals surface area contributed by atoms with E-state index in [1.807, 2.05) is 13.0 Å². The van der Waals surface area contributed by atoms with E-state index in [0.717, 1.165) is 12.1 Å². The first-order valence-electron chi connectivity index (χ1n) is 5.23. The number of nitrogens with zero attached hydrogens (tertiary/aromatic N) is 1. The van der Waals surface area contributed by atoms with Crippen LogP contribution in [0.2, 0.25) is 0 Å². The van der Waals surface area contributed by atoms with Gasteiger partial charge in [-0.1, -0.05) is 20.8 Å². The molecule has 1 aromatic rings. The molecule has 1 aromatic heterocycles. The normalized spacial score (nSPS) is 10.4. The maximum absolute atomic E-state index is 11.3. The van der Waals surface area contributed by atoms with Crippen molar-refractivity contribution in [2.45, 2.75) is 33.1 Å². The molecule has 0 unspecified atom stereocenters. The molecule has 1 heterocycles. The van der Waals surface area contributed by atoms with Crippen molar-refractivity contribution in [3.8, 4) is 0 Å². The second-order valence-electron chi connectivity index (χ2n) is 3.74. The number of anilines is 1. The molecule has 1 rings (SSSR count). The van der Waals surface area contributed by atoms with Gasteiger partial charge in [0.2, 0.25) is 0 Å². The molecule has 0 saturated heterocycles. The van der Waals surface area contributed by atoms with Crippen molar-refractivity contribution in [1.29, 1.82) is 0 Å². The first kappa shape index (κ1) is 11.6. The van der Waals surface area contributed by atoms with Gasteiger partial charge >= 0.3 is 6.03 Å². The average molecular weight is 210 g/mol. The van der Waals surface area contributed by atoms with Gasteiger partial charge in [-0.05, 0) is 12.3 Å². The van der Waals surface area contributed by atoms with E-state index in [-0.39, 0.29) is 6.03 Å². The maximum Gasteiger partial charge on any atom is 0.320 e. The van der Waals surface area contributed by atoms with Crippen LogP contribution < -0.4 is 10.6 Å². The third-order valence-electron chi connectivity index (χ3n) is 2.00. The molecule has 0 aliphatic rings. The van der Waals surface area contributed by atoms with Crippen molar-refractivity contribution in [3.63, 3.8) is 0 Å². The van der Waals surface area contributed by atoms with E-state index < -0.39 is 0 Å². The maximum atomic E-state index is 11.3. The van der Waals surface area contributed by atoms with Gasteiger partial charge in [0.05, 0.1) is 0 Å². The quantitative estimate of drug-likeness (QED) is 0.712. The minimum atomic E-state index is -0.210. The van der Waals surface area contributed by atoms with Gasteiger partial charge in [-0.15, -0.1) is 0 Å². The number of rotatable bonds is 4. The number of aromatic nitrogens is 2. The van der Waals surface area contributed by atoms with Gasteiger partial charge in [-0.25, -0.2) is 4.79 Å². The Morgan fingerprint density at radius 2 is 2.33 bits per heavy atom. The smallest absolute Gasteiger partial charge is 0.320 e. The van der Waals surface area contributed by atoms with Crippen LogP contribution in [0, 0.1) is 0 Å². The molecule has 0 radical (unpaired) electrons. The highest BCUT2D eigenvalue weighted by Crippen LogP contribution is 2.14. The largest absolute Gasteiger partial charge is 0.338 e. The van der Waals surface area contributed by atoms with Crippen LogP contribution >= 0.6 is 0 Å². The summed E-state index contributed by atoms with van der Waals surface area (Å²) in [6.45, 7) is 6.81. The Kier molecular flexibility index (Phi) is 4.15. The summed E-state index contributed by atoms with van der Waals surface area (Å²) in [5.41, 5.74) is 1.01. The monoisotopic (exact) mass is 210 g/mol. The minimum Gasteiger partial charge on any atom is -0.338 e. The Balaban J connectivity index is 2.46. The third-order valence-corrected chi connectivity index (χ3v) is 2.00. The summed E-state index contributed by atoms with van der Waals surface area (Å²) in [4.78, 5) is 11.3. The number of hydrogen-bond donors (Lipinski definition) is 3. The number of H-pyrrole nitrogens is 1. The Hall–Kier alpha value is -1.52. The number of carbonyl (C=O) groups is 1. The van der Waals surface area contributed by atoms with E-state index >= 15 is 0 Å². The second kappa shape index (κ2) is 5.38. The number of nitrogens with one attached hydrogen (secondary N) is 3. The van der Waals surface area contributed by atoms with Gasteiger partial charge < -0.3 is 5.32 Å². The molecule has 0 fully saturated rings. The highest BCUT2D eigenvalue weighted by atomic mass is 16.2. The van der Waals surface area contributed by atoms with Crippen LogP contribution in [0.3, 0.4) is 0 Å². The lowest BCUT2D eigenvalue weighted by molar-refractivity contribution is 0.252. The number of urea groups is 1. The van der Waals surface area contributed by atoms with Crippen molar-refractivity contribution in [1.82, 2.24) is 15.5 Å². The van der Waals surface area contributed by atoms with Gasteiger partial charge in [0.15, 0.2) is 5.82 Å². The molecule has 15 heavy (non-hydrogen) atoms. The molecular formula is C10H18N4O. The van der Waals surface area contributed by atoms with Gasteiger partial charge in [-0.2, -0.15) is 5.10 Å². The molecular weight excluding hydrogens is 192 g/mol. The molecule has 0 aliphatic heterocycles. The summed E-state index contributed by atoms with van der Waals surface area (Å²) in [6.07, 6.45) is 0.922. The van der Waals surface area contributed by atoms with Crippen LogP contribution in [-0.4, -0.2) is 22.8 Å². The third kappa shape index (κ3) is 3.61. The lowest BCUT2D eigenvalue weighted by Crippen LogP contribution is -2.29. The number of aromatic amines is 1. The van der Waals surface area contributed by atoms with Crippen LogP contribution in [0.4, 0.5) is 10.6 Å². The molecule has 0 bridgehead atoms. The van der Waals surface area contributed by atoms with E-state index in [1.165, 1.54) is 0 Å². The van der Waals surface area contributed by atoms with E-state index in [1.54, 1.807) is 0 Å². The van der Waals surface area contributed by atoms with Crippen LogP contribution in [0.15, 0.2) is 6.07 Å². The van der Waals surface area contributed by atoms with Gasteiger partial charge in [0, 0.05) is 18.3 Å². The Bertz CT molecular complexity index is 319. The number of carbonyl (C=O) groups excluding carboxylic acids is 1. The summed E-state index contributed by atoms with van der Waals surface area (Å²) < 4.78 is 0. The molecule has 2 amide bonds. The van der Waals surface area contributed by atoms with Crippen molar-refractivity contribution in [3.05, 3.63) is 11.8 Å². The molecule has 0 saturated carbocycles. The second-order valence-corrected chi connectivity index (χ2v) is 3.74. The lowest BCUT2D eigenvalue weighted by Gasteiger charge is -2.02. The minimum absolute atomic E-state index is 0.210. The average Bonchev–Trinajstić information content (AvgIpc) is 2.63. The van der Waals surface area contributed by atoms with Crippen molar-refractivity contribution in [2.24, 2.45) is 0 Å². The summed E-state index contributed by atoms with van der Waals surface area (Å²) in [6, 6.07) is 1.63. The van der Waals surface area contributed by atoms with Crippen LogP contribution in [-0.2, 0) is 0 Å². The summed E-state index contributed by atoms with van der Waals surface area (Å²) in [5, 5.41) is 12.2. The Morgan fingerprint density at radius 3 is 2.87 bits per heavy atom. The zero-order valence-corrected chi connectivity index (χ0v) is 9.42. The molecule has 0 spiro atoms. The van der Waals surface area contributed by atoms with Gasteiger partial charge in [0.25, 0.3) is 0 Å². The fourth-order valence-corrected chi connectivity index (χ4v) is 1.10. The molecule has 0 aliphatic carbocycles. The first-order chi connectivity index (χ1) is 7.13. The van der Waals surface area contributed by atoms with E-state index in [0.29, 0.717) is 18.3 Å². The topological polar surface area (TPSA) is 69.8 Å². The van der Waals surface area contributed by atoms with E-state index in [9.17, 15) is 4.79 Å². The fourth-order valence-electron chi connectivity index (χ4n) is 1.10. The SMILES string of the molecule is CCCNC(=O)Nc1cc(C(C)C)[nH]n1. The predicted molar refractivity (Wildman–Crippen MR) is 60.0 cm³/mol. The number of amides is 2. The highest BCUT2D eigenvalue weighted by Gasteiger charge is 2.06. The lowest BCUT2D eigenvalue weighted by atomic mass is 10.1. The van der Waals surface area contributed by atoms with Crippen molar-refractivity contribution in [2.75, 3.05) is 11.9 Å². The van der Waals surface area contributed by atoms with Crippen LogP contribution in [0.1, 0.15) is 38.8 Å². The van der Waals surface area contributed by atoms with E-state index in [2.05, 4.69) is 34.7 Å². The van der Waals surface area contributed by atoms with Gasteiger partial charge in [0.1, 0.15) is 0 Å². The summed E-state index contributed by atoms with van der Waals surface area (Å²) in [7, 11) is 0. The number of hydrogen-bond acceptors (Lipinski definition) is 2. The predicted octanol–water partition coefficient (Wildman–Crippen LogP) is 2.06. The van der Waals surface area contributed by atoms with Crippen molar-refractivity contribution >= 4 is 11.8 Å². The zero-order chi connectivity index (χ0) is 11.3. The van der Waals surface area contributed by atoms with Gasteiger partial charge in [-0.3, -0.25) is 10.4 Å². The molecule has 84 valence electrons. The molecule has 0 atom stereocenters. The summed E-state index contributed by atoms with van der Waals surface area (Å²) >= 11 is 0. The summed E-state index contributed by atoms with van der Waals surface area (Å²) in [5.74, 6) is 0.944. The Labute approximate surface area is 89.6 Å². The standard InChI is InChI=1S/C10H18N4O/c1-4-5-11-10(15)12-9-6-8(7(2)3)13-14-9/h6-7H,4-5H2,1-3H3,(H3,11,12,13,14,15). The molecule has 5 nitrogen and oxygen atoms in total. The van der Waals surface area contributed by atoms with Crippen molar-refractivity contribution < 1.29 is 4.79 Å². The fraction of sp³-hybridized carbons (Fsp3) is 0.600. The first-order valence-corrected chi connectivity index (χ1v) is 5.23.